The molecule has 0 bridgehead atoms. The van der Waals surface area contributed by atoms with E-state index in [0.29, 0.717) is 29.8 Å². The number of methoxy groups -OCH3 is 1. The molecule has 0 aliphatic carbocycles. The number of carbonyl (C=O) groups excluding carboxylic acids is 2. The Morgan fingerprint density at radius 3 is 2.54 bits per heavy atom. The molecule has 0 heterocycles. The number of benzene rings is 2. The van der Waals surface area contributed by atoms with Crippen LogP contribution in [0.4, 0.5) is 4.39 Å². The van der Waals surface area contributed by atoms with E-state index >= 15 is 0 Å². The van der Waals surface area contributed by atoms with Crippen molar-refractivity contribution in [1.82, 2.24) is 5.32 Å². The fourth-order valence-corrected chi connectivity index (χ4v) is 2.18. The SMILES string of the molecule is COCCNC(=O)C(N)c1cccc(C(=O)c2ccc(F)cc2)c1. The number of hydrogen-bond donors (Lipinski definition) is 2. The highest BCUT2D eigenvalue weighted by atomic mass is 19.1. The maximum absolute atomic E-state index is 13.0. The summed E-state index contributed by atoms with van der Waals surface area (Å²) in [6.07, 6.45) is 0. The highest BCUT2D eigenvalue weighted by molar-refractivity contribution is 6.09. The van der Waals surface area contributed by atoms with E-state index in [0.717, 1.165) is 0 Å². The molecule has 1 unspecified atom stereocenters. The molecule has 3 N–H and O–H groups in total. The molecule has 2 rings (SSSR count). The number of nitrogens with two attached hydrogens (primary N) is 1. The minimum Gasteiger partial charge on any atom is -0.383 e. The molecule has 126 valence electrons. The Kier molecular flexibility index (Phi) is 6.17. The van der Waals surface area contributed by atoms with Gasteiger partial charge in [0.2, 0.25) is 5.91 Å². The number of halogens is 1. The molecular weight excluding hydrogens is 311 g/mol. The van der Waals surface area contributed by atoms with Crippen LogP contribution >= 0.6 is 0 Å². The molecule has 1 amide bonds. The first-order valence-electron chi connectivity index (χ1n) is 7.45. The zero-order valence-corrected chi connectivity index (χ0v) is 13.3. The third-order valence-corrected chi connectivity index (χ3v) is 3.50. The predicted molar refractivity (Wildman–Crippen MR) is 88.1 cm³/mol. The lowest BCUT2D eigenvalue weighted by molar-refractivity contribution is -0.122. The summed E-state index contributed by atoms with van der Waals surface area (Å²) >= 11 is 0. The van der Waals surface area contributed by atoms with Gasteiger partial charge in [-0.3, -0.25) is 9.59 Å². The molecule has 0 spiro atoms. The van der Waals surface area contributed by atoms with Crippen molar-refractivity contribution in [2.45, 2.75) is 6.04 Å². The maximum atomic E-state index is 13.0. The molecule has 0 saturated heterocycles. The van der Waals surface area contributed by atoms with E-state index in [1.165, 1.54) is 31.4 Å². The highest BCUT2D eigenvalue weighted by Gasteiger charge is 2.17. The van der Waals surface area contributed by atoms with Crippen LogP contribution in [0.15, 0.2) is 48.5 Å². The normalized spacial score (nSPS) is 11.8. The van der Waals surface area contributed by atoms with Crippen LogP contribution < -0.4 is 11.1 Å². The van der Waals surface area contributed by atoms with Gasteiger partial charge >= 0.3 is 0 Å². The molecule has 0 saturated carbocycles. The minimum absolute atomic E-state index is 0.260. The van der Waals surface area contributed by atoms with Crippen molar-refractivity contribution in [1.29, 1.82) is 0 Å². The lowest BCUT2D eigenvalue weighted by Crippen LogP contribution is -2.35. The van der Waals surface area contributed by atoms with Gasteiger partial charge in [-0.1, -0.05) is 18.2 Å². The summed E-state index contributed by atoms with van der Waals surface area (Å²) in [7, 11) is 1.54. The predicted octanol–water partition coefficient (Wildman–Crippen LogP) is 1.82. The van der Waals surface area contributed by atoms with Crippen molar-refractivity contribution < 1.29 is 18.7 Å². The Balaban J connectivity index is 2.14. The summed E-state index contributed by atoms with van der Waals surface area (Å²) in [5, 5.41) is 2.65. The molecular formula is C18H19FN2O3. The van der Waals surface area contributed by atoms with E-state index in [1.807, 2.05) is 0 Å². The van der Waals surface area contributed by atoms with Gasteiger partial charge in [-0.25, -0.2) is 4.39 Å². The molecule has 0 fully saturated rings. The molecule has 2 aromatic carbocycles. The second kappa shape index (κ2) is 8.33. The summed E-state index contributed by atoms with van der Waals surface area (Å²) in [6, 6.07) is 11.0. The molecule has 0 aliphatic heterocycles. The van der Waals surface area contributed by atoms with Crippen molar-refractivity contribution in [3.63, 3.8) is 0 Å². The number of amides is 1. The summed E-state index contributed by atoms with van der Waals surface area (Å²) in [6.45, 7) is 0.749. The molecule has 0 aromatic heterocycles. The molecule has 2 aromatic rings. The van der Waals surface area contributed by atoms with Crippen molar-refractivity contribution in [3.05, 3.63) is 71.0 Å². The van der Waals surface area contributed by atoms with E-state index in [2.05, 4.69) is 5.32 Å². The number of carbonyl (C=O) groups is 2. The summed E-state index contributed by atoms with van der Waals surface area (Å²) in [5.74, 6) is -1.02. The Morgan fingerprint density at radius 2 is 1.88 bits per heavy atom. The van der Waals surface area contributed by atoms with Crippen LogP contribution in [0.3, 0.4) is 0 Å². The first-order valence-corrected chi connectivity index (χ1v) is 7.45. The average Bonchev–Trinajstić information content (AvgIpc) is 2.61. The third-order valence-electron chi connectivity index (χ3n) is 3.50. The van der Waals surface area contributed by atoms with Crippen LogP contribution in [0.1, 0.15) is 27.5 Å². The zero-order valence-electron chi connectivity index (χ0n) is 13.3. The Labute approximate surface area is 139 Å². The molecule has 24 heavy (non-hydrogen) atoms. The van der Waals surface area contributed by atoms with Crippen LogP contribution in [0.25, 0.3) is 0 Å². The Hall–Kier alpha value is -2.57. The van der Waals surface area contributed by atoms with E-state index in [-0.39, 0.29) is 11.7 Å². The lowest BCUT2D eigenvalue weighted by Gasteiger charge is -2.13. The quantitative estimate of drug-likeness (QED) is 0.599. The number of rotatable bonds is 7. The number of nitrogens with one attached hydrogen (secondary N) is 1. The standard InChI is InChI=1S/C18H19FN2O3/c1-24-10-9-21-18(23)16(20)13-3-2-4-14(11-13)17(22)12-5-7-15(19)8-6-12/h2-8,11,16H,9-10,20H2,1H3,(H,21,23). The van der Waals surface area contributed by atoms with Crippen molar-refractivity contribution >= 4 is 11.7 Å². The van der Waals surface area contributed by atoms with Crippen LogP contribution in [0, 0.1) is 5.82 Å². The maximum Gasteiger partial charge on any atom is 0.241 e. The van der Waals surface area contributed by atoms with Gasteiger partial charge in [0.1, 0.15) is 11.9 Å². The second-order valence-electron chi connectivity index (χ2n) is 5.22. The molecule has 5 nitrogen and oxygen atoms in total. The van der Waals surface area contributed by atoms with Crippen molar-refractivity contribution in [2.75, 3.05) is 20.3 Å². The van der Waals surface area contributed by atoms with Gasteiger partial charge in [0.05, 0.1) is 6.61 Å². The van der Waals surface area contributed by atoms with E-state index in [1.54, 1.807) is 24.3 Å². The van der Waals surface area contributed by atoms with Gasteiger partial charge in [0, 0.05) is 24.8 Å². The number of ether oxygens (including phenoxy) is 1. The molecule has 6 heteroatoms. The van der Waals surface area contributed by atoms with Gasteiger partial charge in [-0.05, 0) is 35.9 Å². The van der Waals surface area contributed by atoms with Crippen molar-refractivity contribution in [2.24, 2.45) is 5.73 Å². The number of hydrogen-bond acceptors (Lipinski definition) is 4. The highest BCUT2D eigenvalue weighted by Crippen LogP contribution is 2.16. The van der Waals surface area contributed by atoms with Gasteiger partial charge in [0.15, 0.2) is 5.78 Å². The largest absolute Gasteiger partial charge is 0.383 e. The molecule has 0 radical (unpaired) electrons. The Morgan fingerprint density at radius 1 is 1.17 bits per heavy atom. The van der Waals surface area contributed by atoms with E-state index in [4.69, 9.17) is 10.5 Å². The number of ketones is 1. The van der Waals surface area contributed by atoms with Crippen LogP contribution in [-0.2, 0) is 9.53 Å². The molecule has 1 atom stereocenters. The van der Waals surface area contributed by atoms with E-state index < -0.39 is 11.9 Å². The Bertz CT molecular complexity index is 716. The van der Waals surface area contributed by atoms with Crippen molar-refractivity contribution in [3.8, 4) is 0 Å². The van der Waals surface area contributed by atoms with Crippen LogP contribution in [-0.4, -0.2) is 32.0 Å². The van der Waals surface area contributed by atoms with E-state index in [9.17, 15) is 14.0 Å². The van der Waals surface area contributed by atoms with Gasteiger partial charge < -0.3 is 15.8 Å². The fraction of sp³-hybridized carbons (Fsp3) is 0.222. The van der Waals surface area contributed by atoms with Gasteiger partial charge in [-0.15, -0.1) is 0 Å². The van der Waals surface area contributed by atoms with Crippen LogP contribution in [0.5, 0.6) is 0 Å². The average molecular weight is 330 g/mol. The first kappa shape index (κ1) is 17.8. The van der Waals surface area contributed by atoms with Gasteiger partial charge in [-0.2, -0.15) is 0 Å². The first-order chi connectivity index (χ1) is 11.5. The monoisotopic (exact) mass is 330 g/mol. The summed E-state index contributed by atoms with van der Waals surface area (Å²) in [5.41, 5.74) is 7.22. The molecule has 0 aliphatic rings. The second-order valence-corrected chi connectivity index (χ2v) is 5.22. The van der Waals surface area contributed by atoms with Crippen LogP contribution in [0.2, 0.25) is 0 Å². The fourth-order valence-electron chi connectivity index (χ4n) is 2.18. The summed E-state index contributed by atoms with van der Waals surface area (Å²) < 4.78 is 17.8. The summed E-state index contributed by atoms with van der Waals surface area (Å²) in [4.78, 5) is 24.4. The van der Waals surface area contributed by atoms with Gasteiger partial charge in [0.25, 0.3) is 0 Å². The smallest absolute Gasteiger partial charge is 0.241 e. The third kappa shape index (κ3) is 4.47. The lowest BCUT2D eigenvalue weighted by atomic mass is 9.98. The minimum atomic E-state index is -0.886. The zero-order chi connectivity index (χ0) is 17.5. The topological polar surface area (TPSA) is 81.4 Å².